The Morgan fingerprint density at radius 3 is 2.50 bits per heavy atom. The standard InChI is InChI=1S/C24H28N2O2/c1-28-22-9-7-19(8-10-22)16-24(18-27)11-14-26(15-12-24)17-21-5-2-4-20-6-3-13-25-23(20)21/h2-10,13,27H,11-12,14-18H2,1H3. The number of aliphatic hydroxyl groups is 1. The van der Waals surface area contributed by atoms with Crippen molar-refractivity contribution >= 4 is 10.9 Å². The molecule has 0 atom stereocenters. The van der Waals surface area contributed by atoms with Crippen LogP contribution in [0.4, 0.5) is 0 Å². The number of ether oxygens (including phenoxy) is 1. The first-order valence-corrected chi connectivity index (χ1v) is 10.0. The predicted octanol–water partition coefficient (Wildman–Crippen LogP) is 4.06. The van der Waals surface area contributed by atoms with Gasteiger partial charge in [-0.3, -0.25) is 9.88 Å². The molecule has 0 radical (unpaired) electrons. The number of rotatable bonds is 6. The monoisotopic (exact) mass is 376 g/mol. The van der Waals surface area contributed by atoms with Gasteiger partial charge in [-0.05, 0) is 67.1 Å². The molecule has 0 unspecified atom stereocenters. The molecule has 146 valence electrons. The molecule has 4 heteroatoms. The van der Waals surface area contributed by atoms with Crippen molar-refractivity contribution in [3.8, 4) is 5.75 Å². The molecule has 0 amide bonds. The fourth-order valence-electron chi connectivity index (χ4n) is 4.29. The van der Waals surface area contributed by atoms with Gasteiger partial charge in [-0.15, -0.1) is 0 Å². The van der Waals surface area contributed by atoms with Gasteiger partial charge in [0.05, 0.1) is 12.6 Å². The molecule has 2 heterocycles. The number of hydrogen-bond acceptors (Lipinski definition) is 4. The molecule has 1 saturated heterocycles. The number of hydrogen-bond donors (Lipinski definition) is 1. The summed E-state index contributed by atoms with van der Waals surface area (Å²) < 4.78 is 5.25. The summed E-state index contributed by atoms with van der Waals surface area (Å²) in [6.45, 7) is 3.15. The third-order valence-corrected chi connectivity index (χ3v) is 6.10. The fourth-order valence-corrected chi connectivity index (χ4v) is 4.29. The van der Waals surface area contributed by atoms with Gasteiger partial charge in [-0.25, -0.2) is 0 Å². The molecule has 28 heavy (non-hydrogen) atoms. The van der Waals surface area contributed by atoms with Gasteiger partial charge in [0.2, 0.25) is 0 Å². The molecule has 4 rings (SSSR count). The van der Waals surface area contributed by atoms with Crippen LogP contribution >= 0.6 is 0 Å². The maximum Gasteiger partial charge on any atom is 0.118 e. The smallest absolute Gasteiger partial charge is 0.118 e. The van der Waals surface area contributed by atoms with Crippen molar-refractivity contribution in [3.05, 3.63) is 71.9 Å². The second-order valence-corrected chi connectivity index (χ2v) is 7.95. The minimum atomic E-state index is -0.0257. The van der Waals surface area contributed by atoms with E-state index in [0.29, 0.717) is 0 Å². The zero-order chi connectivity index (χ0) is 19.4. The van der Waals surface area contributed by atoms with Crippen LogP contribution in [-0.2, 0) is 13.0 Å². The molecule has 0 aliphatic carbocycles. The molecule has 2 aromatic carbocycles. The van der Waals surface area contributed by atoms with Gasteiger partial charge >= 0.3 is 0 Å². The van der Waals surface area contributed by atoms with Crippen LogP contribution in [0.15, 0.2) is 60.8 Å². The van der Waals surface area contributed by atoms with Gasteiger partial charge in [0.1, 0.15) is 5.75 Å². The number of para-hydroxylation sites is 1. The van der Waals surface area contributed by atoms with Crippen molar-refractivity contribution in [3.63, 3.8) is 0 Å². The maximum absolute atomic E-state index is 10.2. The molecule has 4 nitrogen and oxygen atoms in total. The number of benzene rings is 2. The lowest BCUT2D eigenvalue weighted by Crippen LogP contribution is -2.42. The van der Waals surface area contributed by atoms with E-state index < -0.39 is 0 Å². The minimum Gasteiger partial charge on any atom is -0.497 e. The maximum atomic E-state index is 10.2. The van der Waals surface area contributed by atoms with Gasteiger partial charge in [-0.1, -0.05) is 36.4 Å². The minimum absolute atomic E-state index is 0.0257. The van der Waals surface area contributed by atoms with E-state index in [1.54, 1.807) is 7.11 Å². The summed E-state index contributed by atoms with van der Waals surface area (Å²) >= 11 is 0. The van der Waals surface area contributed by atoms with Crippen molar-refractivity contribution in [2.75, 3.05) is 26.8 Å². The molecule has 0 bridgehead atoms. The number of likely N-dealkylation sites (tertiary alicyclic amines) is 1. The van der Waals surface area contributed by atoms with Crippen molar-refractivity contribution < 1.29 is 9.84 Å². The van der Waals surface area contributed by atoms with Gasteiger partial charge in [0, 0.05) is 24.7 Å². The first-order valence-electron chi connectivity index (χ1n) is 10.0. The van der Waals surface area contributed by atoms with Crippen LogP contribution in [0.1, 0.15) is 24.0 Å². The fraction of sp³-hybridized carbons (Fsp3) is 0.375. The Bertz CT molecular complexity index is 910. The zero-order valence-corrected chi connectivity index (χ0v) is 16.5. The van der Waals surface area contributed by atoms with Crippen LogP contribution in [0, 0.1) is 5.41 Å². The van der Waals surface area contributed by atoms with E-state index in [9.17, 15) is 5.11 Å². The molecule has 1 aliphatic rings. The van der Waals surface area contributed by atoms with E-state index >= 15 is 0 Å². The van der Waals surface area contributed by atoms with Crippen molar-refractivity contribution in [2.45, 2.75) is 25.8 Å². The average Bonchev–Trinajstić information content (AvgIpc) is 2.76. The first kappa shape index (κ1) is 18.9. The first-order chi connectivity index (χ1) is 13.7. The molecule has 1 N–H and O–H groups in total. The van der Waals surface area contributed by atoms with Crippen molar-refractivity contribution in [1.82, 2.24) is 9.88 Å². The Balaban J connectivity index is 1.42. The SMILES string of the molecule is COc1ccc(CC2(CO)CCN(Cc3cccc4cccnc34)CC2)cc1. The summed E-state index contributed by atoms with van der Waals surface area (Å²) in [6.07, 6.45) is 4.80. The second-order valence-electron chi connectivity index (χ2n) is 7.95. The molecule has 1 aliphatic heterocycles. The van der Waals surface area contributed by atoms with E-state index in [1.807, 2.05) is 24.4 Å². The Labute approximate surface area is 166 Å². The van der Waals surface area contributed by atoms with Crippen molar-refractivity contribution in [1.29, 1.82) is 0 Å². The largest absolute Gasteiger partial charge is 0.497 e. The molecule has 1 aromatic heterocycles. The summed E-state index contributed by atoms with van der Waals surface area (Å²) in [6, 6.07) is 18.8. The van der Waals surface area contributed by atoms with Crippen molar-refractivity contribution in [2.24, 2.45) is 5.41 Å². The third kappa shape index (κ3) is 4.03. The van der Waals surface area contributed by atoms with Crippen LogP contribution in [0.5, 0.6) is 5.75 Å². The van der Waals surface area contributed by atoms with E-state index in [-0.39, 0.29) is 12.0 Å². The molecule has 0 spiro atoms. The van der Waals surface area contributed by atoms with Crippen LogP contribution in [-0.4, -0.2) is 41.8 Å². The highest BCUT2D eigenvalue weighted by Crippen LogP contribution is 2.35. The highest BCUT2D eigenvalue weighted by Gasteiger charge is 2.34. The summed E-state index contributed by atoms with van der Waals surface area (Å²) in [5.74, 6) is 0.875. The number of pyridine rings is 1. The van der Waals surface area contributed by atoms with E-state index in [2.05, 4.69) is 46.3 Å². The quantitative estimate of drug-likeness (QED) is 0.705. The summed E-state index contributed by atoms with van der Waals surface area (Å²) in [7, 11) is 1.69. The zero-order valence-electron chi connectivity index (χ0n) is 16.5. The summed E-state index contributed by atoms with van der Waals surface area (Å²) in [5, 5.41) is 11.4. The van der Waals surface area contributed by atoms with Gasteiger partial charge in [-0.2, -0.15) is 0 Å². The van der Waals surface area contributed by atoms with Crippen LogP contribution in [0.3, 0.4) is 0 Å². The van der Waals surface area contributed by atoms with Gasteiger partial charge in [0.25, 0.3) is 0 Å². The molecular weight excluding hydrogens is 348 g/mol. The van der Waals surface area contributed by atoms with Gasteiger partial charge < -0.3 is 9.84 Å². The normalized spacial score (nSPS) is 16.9. The average molecular weight is 377 g/mol. The number of methoxy groups -OCH3 is 1. The number of aliphatic hydroxyl groups excluding tert-OH is 1. The number of nitrogens with zero attached hydrogens (tertiary/aromatic N) is 2. The van der Waals surface area contributed by atoms with Crippen LogP contribution in [0.25, 0.3) is 10.9 Å². The molecular formula is C24H28N2O2. The van der Waals surface area contributed by atoms with Crippen LogP contribution < -0.4 is 4.74 Å². The summed E-state index contributed by atoms with van der Waals surface area (Å²) in [5.41, 5.74) is 3.62. The number of piperidine rings is 1. The van der Waals surface area contributed by atoms with E-state index in [0.717, 1.165) is 50.2 Å². The lowest BCUT2D eigenvalue weighted by atomic mass is 9.74. The Morgan fingerprint density at radius 1 is 1.04 bits per heavy atom. The summed E-state index contributed by atoms with van der Waals surface area (Å²) in [4.78, 5) is 7.08. The number of fused-ring (bicyclic) bond motifs is 1. The Kier molecular flexibility index (Phi) is 5.60. The van der Waals surface area contributed by atoms with E-state index in [1.165, 1.54) is 16.5 Å². The second kappa shape index (κ2) is 8.29. The Hall–Kier alpha value is -2.43. The lowest BCUT2D eigenvalue weighted by Gasteiger charge is -2.41. The third-order valence-electron chi connectivity index (χ3n) is 6.10. The van der Waals surface area contributed by atoms with Crippen LogP contribution in [0.2, 0.25) is 0 Å². The molecule has 0 saturated carbocycles. The highest BCUT2D eigenvalue weighted by molar-refractivity contribution is 5.81. The highest BCUT2D eigenvalue weighted by atomic mass is 16.5. The number of aromatic nitrogens is 1. The van der Waals surface area contributed by atoms with Gasteiger partial charge in [0.15, 0.2) is 0 Å². The predicted molar refractivity (Wildman–Crippen MR) is 112 cm³/mol. The lowest BCUT2D eigenvalue weighted by molar-refractivity contribution is 0.0415. The van der Waals surface area contributed by atoms with E-state index in [4.69, 9.17) is 4.74 Å². The molecule has 3 aromatic rings. The topological polar surface area (TPSA) is 45.6 Å². The Morgan fingerprint density at radius 2 is 1.79 bits per heavy atom. The molecule has 1 fully saturated rings.